The van der Waals surface area contributed by atoms with E-state index >= 15 is 0 Å². The van der Waals surface area contributed by atoms with Crippen molar-refractivity contribution in [2.45, 2.75) is 20.0 Å². The lowest BCUT2D eigenvalue weighted by Gasteiger charge is -2.04. The molecule has 1 aromatic carbocycles. The Morgan fingerprint density at radius 1 is 1.22 bits per heavy atom. The van der Waals surface area contributed by atoms with Gasteiger partial charge in [0.15, 0.2) is 0 Å². The van der Waals surface area contributed by atoms with Gasteiger partial charge in [-0.1, -0.05) is 29.3 Å². The highest BCUT2D eigenvalue weighted by molar-refractivity contribution is 7.09. The summed E-state index contributed by atoms with van der Waals surface area (Å²) in [5, 5.41) is 5.47. The van der Waals surface area contributed by atoms with Crippen LogP contribution < -0.4 is 5.32 Å². The zero-order valence-electron chi connectivity index (χ0n) is 14.4. The summed E-state index contributed by atoms with van der Waals surface area (Å²) in [4.78, 5) is 32.2. The molecule has 0 aliphatic rings. The topological polar surface area (TPSA) is 81.2 Å². The summed E-state index contributed by atoms with van der Waals surface area (Å²) >= 11 is 7.10. The van der Waals surface area contributed by atoms with Crippen LogP contribution in [0.3, 0.4) is 0 Å². The van der Waals surface area contributed by atoms with Crippen molar-refractivity contribution in [1.82, 2.24) is 9.97 Å². The third-order valence-corrected chi connectivity index (χ3v) is 4.66. The molecule has 0 unspecified atom stereocenters. The third kappa shape index (κ3) is 5.60. The van der Waals surface area contributed by atoms with Crippen LogP contribution in [0.15, 0.2) is 48.0 Å². The summed E-state index contributed by atoms with van der Waals surface area (Å²) in [6.07, 6.45) is 1.60. The van der Waals surface area contributed by atoms with E-state index in [0.29, 0.717) is 16.3 Å². The Bertz CT molecular complexity index is 957. The first kappa shape index (κ1) is 19.0. The van der Waals surface area contributed by atoms with Crippen LogP contribution in [0.4, 0.5) is 5.69 Å². The Morgan fingerprint density at radius 3 is 2.74 bits per heavy atom. The lowest BCUT2D eigenvalue weighted by Crippen LogP contribution is -2.14. The number of anilines is 1. The molecule has 0 saturated carbocycles. The van der Waals surface area contributed by atoms with Gasteiger partial charge in [0.2, 0.25) is 5.91 Å². The summed E-state index contributed by atoms with van der Waals surface area (Å²) in [6, 6.07) is 10.5. The molecule has 0 aliphatic heterocycles. The van der Waals surface area contributed by atoms with Gasteiger partial charge in [0.25, 0.3) is 0 Å². The first-order valence-electron chi connectivity index (χ1n) is 8.08. The molecule has 0 spiro atoms. The highest BCUT2D eigenvalue weighted by Crippen LogP contribution is 2.15. The van der Waals surface area contributed by atoms with Crippen LogP contribution in [0.25, 0.3) is 0 Å². The number of nitrogens with zero attached hydrogens (tertiary/aromatic N) is 2. The lowest BCUT2D eigenvalue weighted by molar-refractivity contribution is -0.115. The van der Waals surface area contributed by atoms with E-state index in [1.807, 2.05) is 31.2 Å². The van der Waals surface area contributed by atoms with E-state index in [-0.39, 0.29) is 24.1 Å². The van der Waals surface area contributed by atoms with E-state index in [0.717, 1.165) is 11.3 Å². The number of thiazole rings is 1. The van der Waals surface area contributed by atoms with Crippen molar-refractivity contribution in [2.75, 3.05) is 5.32 Å². The zero-order valence-corrected chi connectivity index (χ0v) is 16.0. The minimum Gasteiger partial charge on any atom is -0.456 e. The molecule has 27 heavy (non-hydrogen) atoms. The molecule has 1 N–H and O–H groups in total. The molecule has 0 radical (unpaired) electrons. The average Bonchev–Trinajstić information content (AvgIpc) is 3.09. The molecular weight excluding hydrogens is 386 g/mol. The Kier molecular flexibility index (Phi) is 6.16. The zero-order chi connectivity index (χ0) is 19.2. The highest BCUT2D eigenvalue weighted by atomic mass is 35.5. The predicted octanol–water partition coefficient (Wildman–Crippen LogP) is 4.04. The molecule has 0 atom stereocenters. The van der Waals surface area contributed by atoms with Gasteiger partial charge in [0, 0.05) is 17.3 Å². The van der Waals surface area contributed by atoms with Gasteiger partial charge in [0.05, 0.1) is 17.7 Å². The number of rotatable bonds is 6. The number of aromatic nitrogens is 2. The normalized spacial score (nSPS) is 10.4. The molecule has 2 heterocycles. The quantitative estimate of drug-likeness (QED) is 0.498. The van der Waals surface area contributed by atoms with Gasteiger partial charge in [-0.15, -0.1) is 11.3 Å². The summed E-state index contributed by atoms with van der Waals surface area (Å²) in [5.41, 5.74) is 2.78. The predicted molar refractivity (Wildman–Crippen MR) is 104 cm³/mol. The molecule has 138 valence electrons. The number of benzene rings is 1. The summed E-state index contributed by atoms with van der Waals surface area (Å²) in [6.45, 7) is 2.01. The molecule has 0 aliphatic carbocycles. The van der Waals surface area contributed by atoms with E-state index in [1.54, 1.807) is 5.38 Å². The number of aryl methyl sites for hydroxylation is 1. The number of ether oxygens (including phenoxy) is 1. The Hall–Kier alpha value is -2.77. The van der Waals surface area contributed by atoms with E-state index in [2.05, 4.69) is 15.3 Å². The Morgan fingerprint density at radius 2 is 2.00 bits per heavy atom. The minimum absolute atomic E-state index is 0.0227. The monoisotopic (exact) mass is 401 g/mol. The fourth-order valence-corrected chi connectivity index (χ4v) is 3.18. The maximum atomic E-state index is 12.1. The third-order valence-electron chi connectivity index (χ3n) is 3.56. The maximum absolute atomic E-state index is 12.1. The van der Waals surface area contributed by atoms with Crippen molar-refractivity contribution >= 4 is 40.5 Å². The van der Waals surface area contributed by atoms with Gasteiger partial charge in [-0.05, 0) is 31.2 Å². The van der Waals surface area contributed by atoms with Crippen molar-refractivity contribution in [3.05, 3.63) is 75.0 Å². The Balaban J connectivity index is 1.51. The number of hydrogen-bond acceptors (Lipinski definition) is 6. The number of esters is 1. The van der Waals surface area contributed by atoms with Crippen LogP contribution in [-0.2, 0) is 22.6 Å². The molecule has 6 nitrogen and oxygen atoms in total. The van der Waals surface area contributed by atoms with Gasteiger partial charge in [0.1, 0.15) is 16.8 Å². The van der Waals surface area contributed by atoms with Crippen molar-refractivity contribution in [3.63, 3.8) is 0 Å². The molecule has 8 heteroatoms. The van der Waals surface area contributed by atoms with Crippen molar-refractivity contribution in [1.29, 1.82) is 0 Å². The molecule has 0 bridgehead atoms. The number of pyridine rings is 1. The summed E-state index contributed by atoms with van der Waals surface area (Å²) in [5.74, 6) is -0.658. The van der Waals surface area contributed by atoms with E-state index < -0.39 is 5.97 Å². The SMILES string of the molecule is Cc1ccc(NC(=O)Cc2nc(COC(=O)c3ccnc(Cl)c3)cs2)cc1. The van der Waals surface area contributed by atoms with E-state index in [9.17, 15) is 9.59 Å². The first-order chi connectivity index (χ1) is 13.0. The number of nitrogens with one attached hydrogen (secondary N) is 1. The number of carbonyl (C=O) groups excluding carboxylic acids is 2. The summed E-state index contributed by atoms with van der Waals surface area (Å²) in [7, 11) is 0. The second kappa shape index (κ2) is 8.75. The fraction of sp³-hybridized carbons (Fsp3) is 0.158. The van der Waals surface area contributed by atoms with Gasteiger partial charge < -0.3 is 10.1 Å². The van der Waals surface area contributed by atoms with Gasteiger partial charge in [-0.2, -0.15) is 0 Å². The Labute approximate surface area is 165 Å². The van der Waals surface area contributed by atoms with Crippen LogP contribution in [0, 0.1) is 6.92 Å². The average molecular weight is 402 g/mol. The van der Waals surface area contributed by atoms with Crippen LogP contribution in [0.1, 0.15) is 26.6 Å². The fourth-order valence-electron chi connectivity index (χ4n) is 2.23. The van der Waals surface area contributed by atoms with Crippen LogP contribution in [0.2, 0.25) is 5.15 Å². The number of halogens is 1. The van der Waals surface area contributed by atoms with Crippen molar-refractivity contribution in [3.8, 4) is 0 Å². The molecule has 1 amide bonds. The van der Waals surface area contributed by atoms with Gasteiger partial charge >= 0.3 is 5.97 Å². The molecule has 0 fully saturated rings. The largest absolute Gasteiger partial charge is 0.456 e. The van der Waals surface area contributed by atoms with Crippen molar-refractivity contribution < 1.29 is 14.3 Å². The molecule has 0 saturated heterocycles. The smallest absolute Gasteiger partial charge is 0.338 e. The molecular formula is C19H16ClN3O3S. The van der Waals surface area contributed by atoms with E-state index in [4.69, 9.17) is 16.3 Å². The minimum atomic E-state index is -0.508. The standard InChI is InChI=1S/C19H16ClN3O3S/c1-12-2-4-14(5-3-12)22-17(24)9-18-23-15(11-27-18)10-26-19(25)13-6-7-21-16(20)8-13/h2-8,11H,9-10H2,1H3,(H,22,24). The number of hydrogen-bond donors (Lipinski definition) is 1. The number of amides is 1. The van der Waals surface area contributed by atoms with E-state index in [1.165, 1.54) is 29.7 Å². The van der Waals surface area contributed by atoms with Crippen LogP contribution in [0.5, 0.6) is 0 Å². The van der Waals surface area contributed by atoms with Crippen molar-refractivity contribution in [2.24, 2.45) is 0 Å². The van der Waals surface area contributed by atoms with Gasteiger partial charge in [-0.25, -0.2) is 14.8 Å². The second-order valence-corrected chi connectivity index (χ2v) is 7.10. The van der Waals surface area contributed by atoms with Crippen LogP contribution in [-0.4, -0.2) is 21.8 Å². The summed E-state index contributed by atoms with van der Waals surface area (Å²) < 4.78 is 5.21. The second-order valence-electron chi connectivity index (χ2n) is 5.77. The lowest BCUT2D eigenvalue weighted by atomic mass is 10.2. The van der Waals surface area contributed by atoms with Gasteiger partial charge in [-0.3, -0.25) is 4.79 Å². The first-order valence-corrected chi connectivity index (χ1v) is 9.34. The van der Waals surface area contributed by atoms with Crippen LogP contribution >= 0.6 is 22.9 Å². The molecule has 3 rings (SSSR count). The molecule has 3 aromatic rings. The maximum Gasteiger partial charge on any atom is 0.338 e. The number of carbonyl (C=O) groups is 2. The highest BCUT2D eigenvalue weighted by Gasteiger charge is 2.12. The molecule has 2 aromatic heterocycles.